The van der Waals surface area contributed by atoms with E-state index in [4.69, 9.17) is 0 Å². The second-order valence-corrected chi connectivity index (χ2v) is 4.21. The van der Waals surface area contributed by atoms with Gasteiger partial charge in [-0.25, -0.2) is 4.79 Å². The Bertz CT molecular complexity index is 420. The average Bonchev–Trinajstić information content (AvgIpc) is 2.67. The zero-order chi connectivity index (χ0) is 13.2. The van der Waals surface area contributed by atoms with Crippen LogP contribution in [0.5, 0.6) is 0 Å². The molecule has 1 aromatic rings. The summed E-state index contributed by atoms with van der Waals surface area (Å²) in [4.78, 5) is 11.2. The lowest BCUT2D eigenvalue weighted by Gasteiger charge is -2.13. The lowest BCUT2D eigenvalue weighted by Crippen LogP contribution is -2.37. The largest absolute Gasteiger partial charge is 0.440 e. The average molecular weight is 259 g/mol. The maximum atomic E-state index is 11.8. The summed E-state index contributed by atoms with van der Waals surface area (Å²) >= 11 is 0. The summed E-state index contributed by atoms with van der Waals surface area (Å²) in [5, 5.41) is 2.44. The Labute approximate surface area is 102 Å². The molecule has 18 heavy (non-hydrogen) atoms. The number of benzene rings is 1. The Balaban J connectivity index is 1.81. The van der Waals surface area contributed by atoms with E-state index < -0.39 is 18.9 Å². The highest BCUT2D eigenvalue weighted by molar-refractivity contribution is 5.68. The number of nitrogens with one attached hydrogen (secondary N) is 1. The molecule has 0 spiro atoms. The third-order valence-corrected chi connectivity index (χ3v) is 2.74. The van der Waals surface area contributed by atoms with E-state index in [9.17, 15) is 18.0 Å². The summed E-state index contributed by atoms with van der Waals surface area (Å²) in [7, 11) is 0. The lowest BCUT2D eigenvalue weighted by atomic mass is 10.1. The van der Waals surface area contributed by atoms with Crippen LogP contribution in [0.4, 0.5) is 18.0 Å². The fraction of sp³-hybridized carbons (Fsp3) is 0.417. The standard InChI is InChI=1S/C12H12F3NO2/c13-12(14,15)7-18-11(17)16-10-5-8-3-1-2-4-9(8)6-10/h1-4,10H,5-7H2,(H,16,17). The predicted octanol–water partition coefficient (Wildman–Crippen LogP) is 2.44. The molecule has 1 N–H and O–H groups in total. The van der Waals surface area contributed by atoms with E-state index in [1.165, 1.54) is 0 Å². The van der Waals surface area contributed by atoms with Gasteiger partial charge in [-0.05, 0) is 24.0 Å². The first-order chi connectivity index (χ1) is 8.44. The highest BCUT2D eigenvalue weighted by Gasteiger charge is 2.30. The summed E-state index contributed by atoms with van der Waals surface area (Å²) < 4.78 is 39.6. The molecule has 0 fully saturated rings. The molecule has 0 aromatic heterocycles. The van der Waals surface area contributed by atoms with Gasteiger partial charge in [-0.15, -0.1) is 0 Å². The van der Waals surface area contributed by atoms with E-state index in [0.717, 1.165) is 11.1 Å². The Hall–Kier alpha value is -1.72. The van der Waals surface area contributed by atoms with Gasteiger partial charge in [0.2, 0.25) is 0 Å². The first-order valence-electron chi connectivity index (χ1n) is 5.51. The van der Waals surface area contributed by atoms with Crippen LogP contribution in [0.15, 0.2) is 24.3 Å². The molecular formula is C12H12F3NO2. The van der Waals surface area contributed by atoms with Crippen molar-refractivity contribution in [2.75, 3.05) is 6.61 Å². The summed E-state index contributed by atoms with van der Waals surface area (Å²) in [6.07, 6.45) is -4.27. The van der Waals surface area contributed by atoms with Crippen molar-refractivity contribution in [1.29, 1.82) is 0 Å². The monoisotopic (exact) mass is 259 g/mol. The van der Waals surface area contributed by atoms with E-state index in [1.54, 1.807) is 0 Å². The van der Waals surface area contributed by atoms with Gasteiger partial charge in [0.25, 0.3) is 0 Å². The fourth-order valence-corrected chi connectivity index (χ4v) is 2.02. The summed E-state index contributed by atoms with van der Waals surface area (Å²) in [6, 6.07) is 7.48. The minimum atomic E-state index is -4.49. The van der Waals surface area contributed by atoms with Crippen molar-refractivity contribution < 1.29 is 22.7 Å². The van der Waals surface area contributed by atoms with Gasteiger partial charge in [-0.3, -0.25) is 0 Å². The molecule has 0 aliphatic heterocycles. The molecule has 98 valence electrons. The number of halogens is 3. The molecule has 1 aliphatic carbocycles. The second-order valence-electron chi connectivity index (χ2n) is 4.21. The molecule has 1 amide bonds. The lowest BCUT2D eigenvalue weighted by molar-refractivity contribution is -0.160. The topological polar surface area (TPSA) is 38.3 Å². The van der Waals surface area contributed by atoms with Crippen molar-refractivity contribution in [3.8, 4) is 0 Å². The number of hydrogen-bond donors (Lipinski definition) is 1. The van der Waals surface area contributed by atoms with Gasteiger partial charge in [0.15, 0.2) is 6.61 Å². The molecule has 0 saturated carbocycles. The molecule has 3 nitrogen and oxygen atoms in total. The molecule has 0 radical (unpaired) electrons. The summed E-state index contributed by atoms with van der Waals surface area (Å²) in [5.74, 6) is 0. The molecule has 6 heteroatoms. The van der Waals surface area contributed by atoms with Crippen molar-refractivity contribution in [3.63, 3.8) is 0 Å². The Morgan fingerprint density at radius 2 is 1.83 bits per heavy atom. The van der Waals surface area contributed by atoms with Crippen LogP contribution in [0, 0.1) is 0 Å². The maximum Gasteiger partial charge on any atom is 0.422 e. The predicted molar refractivity (Wildman–Crippen MR) is 58.2 cm³/mol. The van der Waals surface area contributed by atoms with Gasteiger partial charge in [0.1, 0.15) is 0 Å². The Kier molecular flexibility index (Phi) is 3.45. The van der Waals surface area contributed by atoms with E-state index in [2.05, 4.69) is 10.1 Å². The minimum absolute atomic E-state index is 0.192. The van der Waals surface area contributed by atoms with Crippen LogP contribution in [-0.2, 0) is 17.6 Å². The zero-order valence-corrected chi connectivity index (χ0v) is 9.46. The SMILES string of the molecule is O=C(NC1Cc2ccccc2C1)OCC(F)(F)F. The van der Waals surface area contributed by atoms with E-state index in [0.29, 0.717) is 12.8 Å². The van der Waals surface area contributed by atoms with Crippen molar-refractivity contribution >= 4 is 6.09 Å². The second kappa shape index (κ2) is 4.88. The molecule has 1 aliphatic rings. The van der Waals surface area contributed by atoms with Crippen LogP contribution < -0.4 is 5.32 Å². The Morgan fingerprint density at radius 3 is 2.33 bits per heavy atom. The molecule has 0 unspecified atom stereocenters. The van der Waals surface area contributed by atoms with Gasteiger partial charge in [-0.1, -0.05) is 24.3 Å². The smallest absolute Gasteiger partial charge is 0.422 e. The fourth-order valence-electron chi connectivity index (χ4n) is 2.02. The number of alkyl carbamates (subject to hydrolysis) is 1. The van der Waals surface area contributed by atoms with Crippen molar-refractivity contribution in [2.24, 2.45) is 0 Å². The number of alkyl halides is 3. The van der Waals surface area contributed by atoms with E-state index >= 15 is 0 Å². The first kappa shape index (κ1) is 12.7. The molecule has 0 heterocycles. The zero-order valence-electron chi connectivity index (χ0n) is 9.46. The first-order valence-corrected chi connectivity index (χ1v) is 5.51. The number of carbonyl (C=O) groups is 1. The van der Waals surface area contributed by atoms with Crippen molar-refractivity contribution in [3.05, 3.63) is 35.4 Å². The van der Waals surface area contributed by atoms with Crippen LogP contribution in [-0.4, -0.2) is 24.9 Å². The normalized spacial score (nSPS) is 15.3. The molecular weight excluding hydrogens is 247 g/mol. The number of fused-ring (bicyclic) bond motifs is 1. The van der Waals surface area contributed by atoms with Crippen LogP contribution in [0.1, 0.15) is 11.1 Å². The minimum Gasteiger partial charge on any atom is -0.440 e. The van der Waals surface area contributed by atoms with Crippen molar-refractivity contribution in [1.82, 2.24) is 5.32 Å². The third kappa shape index (κ3) is 3.38. The quantitative estimate of drug-likeness (QED) is 0.885. The molecule has 0 atom stereocenters. The third-order valence-electron chi connectivity index (χ3n) is 2.74. The highest BCUT2D eigenvalue weighted by atomic mass is 19.4. The van der Waals surface area contributed by atoms with Gasteiger partial charge in [0, 0.05) is 6.04 Å². The summed E-state index contributed by atoms with van der Waals surface area (Å²) in [6.45, 7) is -1.56. The maximum absolute atomic E-state index is 11.8. The van der Waals surface area contributed by atoms with Crippen LogP contribution in [0.2, 0.25) is 0 Å². The number of rotatable bonds is 2. The number of amides is 1. The van der Waals surface area contributed by atoms with Crippen LogP contribution >= 0.6 is 0 Å². The van der Waals surface area contributed by atoms with Gasteiger partial charge >= 0.3 is 12.3 Å². The highest BCUT2D eigenvalue weighted by Crippen LogP contribution is 2.21. The molecule has 2 rings (SSSR count). The van der Waals surface area contributed by atoms with Gasteiger partial charge in [0.05, 0.1) is 0 Å². The van der Waals surface area contributed by atoms with Gasteiger partial charge in [-0.2, -0.15) is 13.2 Å². The van der Waals surface area contributed by atoms with Gasteiger partial charge < -0.3 is 10.1 Å². The van der Waals surface area contributed by atoms with Crippen molar-refractivity contribution in [2.45, 2.75) is 25.1 Å². The van der Waals surface area contributed by atoms with E-state index in [-0.39, 0.29) is 6.04 Å². The molecule has 1 aromatic carbocycles. The molecule has 0 bridgehead atoms. The van der Waals surface area contributed by atoms with Crippen LogP contribution in [0.25, 0.3) is 0 Å². The number of hydrogen-bond acceptors (Lipinski definition) is 2. The Morgan fingerprint density at radius 1 is 1.28 bits per heavy atom. The number of ether oxygens (including phenoxy) is 1. The number of carbonyl (C=O) groups excluding carboxylic acids is 1. The summed E-state index contributed by atoms with van der Waals surface area (Å²) in [5.41, 5.74) is 2.22. The molecule has 0 saturated heterocycles. The van der Waals surface area contributed by atoms with Crippen LogP contribution in [0.3, 0.4) is 0 Å². The van der Waals surface area contributed by atoms with E-state index in [1.807, 2.05) is 24.3 Å².